The van der Waals surface area contributed by atoms with E-state index in [1.165, 1.54) is 12.1 Å². The molecule has 2 heterocycles. The number of ether oxygens (including phenoxy) is 1. The topological polar surface area (TPSA) is 61.0 Å². The van der Waals surface area contributed by atoms with E-state index in [4.69, 9.17) is 29.6 Å². The SMILES string of the molecule is [2H]c1cc2oc3c4ccc([2H])c([2H])c4c([2H])c([2H])c3c2c(-c2nc(-c3cccc(Oc4cccc(-c5ccccc5)c4)c3)nc(-c3cc(-c4ccccc4)cc(-c4ccccc4)c3)n2)c1[2H]. The molecule has 0 bridgehead atoms. The van der Waals surface area contributed by atoms with Gasteiger partial charge in [0.2, 0.25) is 0 Å². The average Bonchev–Trinajstić information content (AvgIpc) is 3.74. The Morgan fingerprint density at radius 3 is 1.65 bits per heavy atom. The summed E-state index contributed by atoms with van der Waals surface area (Å²) in [7, 11) is 0. The third-order valence-corrected chi connectivity index (χ3v) is 10.5. The monoisotopic (exact) mass is 775 g/mol. The summed E-state index contributed by atoms with van der Waals surface area (Å²) in [5.74, 6) is 1.79. The van der Waals surface area contributed by atoms with Crippen LogP contribution in [0.5, 0.6) is 11.5 Å². The molecule has 9 aromatic carbocycles. The highest BCUT2D eigenvalue weighted by Crippen LogP contribution is 2.40. The van der Waals surface area contributed by atoms with Gasteiger partial charge in [0, 0.05) is 32.8 Å². The van der Waals surface area contributed by atoms with Crippen LogP contribution in [0.2, 0.25) is 0 Å². The van der Waals surface area contributed by atoms with Crippen molar-refractivity contribution in [3.05, 3.63) is 212 Å². The Balaban J connectivity index is 1.15. The summed E-state index contributed by atoms with van der Waals surface area (Å²) in [6, 6.07) is 55.0. The normalized spacial score (nSPS) is 12.7. The number of hydrogen-bond acceptors (Lipinski definition) is 5. The molecule has 0 unspecified atom stereocenters. The van der Waals surface area contributed by atoms with Crippen molar-refractivity contribution in [1.82, 2.24) is 15.0 Å². The Morgan fingerprint density at radius 1 is 0.400 bits per heavy atom. The summed E-state index contributed by atoms with van der Waals surface area (Å²) in [6.07, 6.45) is 0. The van der Waals surface area contributed by atoms with Crippen LogP contribution >= 0.6 is 0 Å². The van der Waals surface area contributed by atoms with E-state index < -0.39 is 0 Å². The molecule has 11 aromatic rings. The largest absolute Gasteiger partial charge is 0.457 e. The minimum Gasteiger partial charge on any atom is -0.457 e. The third-order valence-electron chi connectivity index (χ3n) is 10.5. The van der Waals surface area contributed by atoms with Crippen molar-refractivity contribution in [2.75, 3.05) is 0 Å². The van der Waals surface area contributed by atoms with Gasteiger partial charge in [0.15, 0.2) is 17.5 Å². The van der Waals surface area contributed by atoms with Crippen molar-refractivity contribution < 1.29 is 17.4 Å². The number of nitrogens with zero attached hydrogens (tertiary/aromatic N) is 3. The number of hydrogen-bond donors (Lipinski definition) is 0. The molecule has 60 heavy (non-hydrogen) atoms. The lowest BCUT2D eigenvalue weighted by atomic mass is 9.96. The van der Waals surface area contributed by atoms with Crippen LogP contribution in [0.3, 0.4) is 0 Å². The second-order valence-corrected chi connectivity index (χ2v) is 14.3. The Hall–Kier alpha value is -8.15. The Kier molecular flexibility index (Phi) is 7.27. The van der Waals surface area contributed by atoms with Gasteiger partial charge in [-0.3, -0.25) is 0 Å². The van der Waals surface area contributed by atoms with Crippen molar-refractivity contribution in [3.63, 3.8) is 0 Å². The highest BCUT2D eigenvalue weighted by molar-refractivity contribution is 6.18. The fourth-order valence-corrected chi connectivity index (χ4v) is 7.62. The van der Waals surface area contributed by atoms with E-state index in [2.05, 4.69) is 6.07 Å². The van der Waals surface area contributed by atoms with Gasteiger partial charge in [-0.1, -0.05) is 158 Å². The summed E-state index contributed by atoms with van der Waals surface area (Å²) in [4.78, 5) is 15.3. The maximum absolute atomic E-state index is 9.45. The molecule has 2 aromatic heterocycles. The van der Waals surface area contributed by atoms with Crippen molar-refractivity contribution in [1.29, 1.82) is 0 Å². The highest BCUT2D eigenvalue weighted by Gasteiger charge is 2.20. The lowest BCUT2D eigenvalue weighted by Crippen LogP contribution is -2.01. The van der Waals surface area contributed by atoms with E-state index in [0.29, 0.717) is 33.8 Å². The first-order valence-corrected chi connectivity index (χ1v) is 19.5. The van der Waals surface area contributed by atoms with E-state index in [1.54, 1.807) is 6.07 Å². The molecule has 5 nitrogen and oxygen atoms in total. The zero-order valence-electron chi connectivity index (χ0n) is 37.9. The summed E-state index contributed by atoms with van der Waals surface area (Å²) in [6.45, 7) is 0. The molecule has 0 amide bonds. The quantitative estimate of drug-likeness (QED) is 0.154. The fraction of sp³-hybridized carbons (Fsp3) is 0. The molecule has 282 valence electrons. The Bertz CT molecular complexity index is 3640. The van der Waals surface area contributed by atoms with Gasteiger partial charge in [-0.05, 0) is 93.3 Å². The van der Waals surface area contributed by atoms with Crippen LogP contribution in [0.1, 0.15) is 8.22 Å². The van der Waals surface area contributed by atoms with E-state index in [0.717, 1.165) is 33.4 Å². The summed E-state index contributed by atoms with van der Waals surface area (Å²) in [5, 5.41) is 0.997. The summed E-state index contributed by atoms with van der Waals surface area (Å²) >= 11 is 0. The molecule has 0 N–H and O–H groups in total. The zero-order chi connectivity index (χ0) is 45.1. The van der Waals surface area contributed by atoms with E-state index >= 15 is 0 Å². The molecule has 0 aliphatic heterocycles. The van der Waals surface area contributed by atoms with Crippen LogP contribution in [0, 0.1) is 0 Å². The number of furan rings is 1. The number of aromatic nitrogens is 3. The summed E-state index contributed by atoms with van der Waals surface area (Å²) < 4.78 is 66.6. The van der Waals surface area contributed by atoms with Crippen molar-refractivity contribution in [2.45, 2.75) is 0 Å². The summed E-state index contributed by atoms with van der Waals surface area (Å²) in [5.41, 5.74) is 7.70. The van der Waals surface area contributed by atoms with Crippen LogP contribution in [-0.2, 0) is 0 Å². The van der Waals surface area contributed by atoms with E-state index in [1.807, 2.05) is 152 Å². The second kappa shape index (κ2) is 15.0. The minimum absolute atomic E-state index is 0.0590. The smallest absolute Gasteiger partial charge is 0.164 e. The first kappa shape index (κ1) is 29.1. The molecule has 0 radical (unpaired) electrons. The molecule has 5 heteroatoms. The molecule has 0 aliphatic carbocycles. The number of benzene rings is 9. The number of rotatable bonds is 8. The van der Waals surface area contributed by atoms with Gasteiger partial charge in [0.05, 0.1) is 8.22 Å². The van der Waals surface area contributed by atoms with Crippen LogP contribution < -0.4 is 4.74 Å². The van der Waals surface area contributed by atoms with Gasteiger partial charge in [-0.2, -0.15) is 0 Å². The lowest BCUT2D eigenvalue weighted by Gasteiger charge is -2.13. The Morgan fingerprint density at radius 2 is 0.967 bits per heavy atom. The molecular weight excluding hydrogens is 735 g/mol. The molecule has 11 rings (SSSR count). The maximum Gasteiger partial charge on any atom is 0.164 e. The molecule has 0 saturated carbocycles. The standard InChI is InChI=1S/C55H35N3O2/c1-4-15-36(16-5-1)40-22-12-24-45(34-40)59-46-25-13-23-41(35-46)53-56-54(44-32-42(37-17-6-2-7-18-37)31-43(33-44)38-19-8-3-9-20-38)58-55(57-53)49-27-14-28-50-51(49)48-30-29-39-21-10-11-26-47(39)52(48)60-50/h1-35H/i10D,14D,21D,27D,29D,30D. The molecule has 0 atom stereocenters. The van der Waals surface area contributed by atoms with Gasteiger partial charge < -0.3 is 9.15 Å². The van der Waals surface area contributed by atoms with Crippen molar-refractivity contribution >= 4 is 32.7 Å². The minimum atomic E-state index is -0.249. The van der Waals surface area contributed by atoms with Crippen molar-refractivity contribution in [2.24, 2.45) is 0 Å². The zero-order valence-corrected chi connectivity index (χ0v) is 31.9. The van der Waals surface area contributed by atoms with Gasteiger partial charge >= 0.3 is 0 Å². The predicted octanol–water partition coefficient (Wildman–Crippen LogP) is 14.7. The first-order valence-electron chi connectivity index (χ1n) is 22.5. The molecule has 0 aliphatic rings. The van der Waals surface area contributed by atoms with Crippen LogP contribution in [0.15, 0.2) is 217 Å². The second-order valence-electron chi connectivity index (χ2n) is 14.3. The van der Waals surface area contributed by atoms with Crippen molar-refractivity contribution in [3.8, 4) is 79.0 Å². The Labute approximate surface area is 355 Å². The van der Waals surface area contributed by atoms with Gasteiger partial charge in [-0.15, -0.1) is 0 Å². The van der Waals surface area contributed by atoms with Gasteiger partial charge in [0.25, 0.3) is 0 Å². The van der Waals surface area contributed by atoms with Gasteiger partial charge in [-0.25, -0.2) is 15.0 Å². The predicted molar refractivity (Wildman–Crippen MR) is 244 cm³/mol. The van der Waals surface area contributed by atoms with E-state index in [9.17, 15) is 2.74 Å². The number of fused-ring (bicyclic) bond motifs is 5. The van der Waals surface area contributed by atoms with Crippen LogP contribution in [0.25, 0.3) is 100 Å². The average molecular weight is 776 g/mol. The van der Waals surface area contributed by atoms with Crippen LogP contribution in [0.4, 0.5) is 0 Å². The van der Waals surface area contributed by atoms with E-state index in [-0.39, 0.29) is 80.8 Å². The molecular formula is C55H35N3O2. The fourth-order valence-electron chi connectivity index (χ4n) is 7.62. The highest BCUT2D eigenvalue weighted by atomic mass is 16.5. The van der Waals surface area contributed by atoms with Gasteiger partial charge in [0.1, 0.15) is 22.7 Å². The molecule has 0 fully saturated rings. The third kappa shape index (κ3) is 6.64. The molecule has 0 spiro atoms. The first-order chi connectivity index (χ1) is 32.2. The van der Waals surface area contributed by atoms with Crippen LogP contribution in [-0.4, -0.2) is 15.0 Å². The lowest BCUT2D eigenvalue weighted by molar-refractivity contribution is 0.483. The maximum atomic E-state index is 9.45. The molecule has 0 saturated heterocycles.